The first kappa shape index (κ1) is 11.9. The molecule has 1 fully saturated rings. The minimum absolute atomic E-state index is 0.151. The summed E-state index contributed by atoms with van der Waals surface area (Å²) in [5, 5.41) is 0. The van der Waals surface area contributed by atoms with Crippen molar-refractivity contribution in [3.63, 3.8) is 0 Å². The van der Waals surface area contributed by atoms with Gasteiger partial charge in [-0.3, -0.25) is 0 Å². The van der Waals surface area contributed by atoms with E-state index in [1.807, 2.05) is 19.1 Å². The molecule has 1 atom stereocenters. The third-order valence-corrected chi connectivity index (χ3v) is 3.65. The van der Waals surface area contributed by atoms with Gasteiger partial charge in [-0.15, -0.1) is 0 Å². The highest BCUT2D eigenvalue weighted by Crippen LogP contribution is 2.38. The zero-order valence-corrected chi connectivity index (χ0v) is 11.2. The third-order valence-electron chi connectivity index (χ3n) is 2.97. The Morgan fingerprint density at radius 1 is 1.50 bits per heavy atom. The third kappa shape index (κ3) is 2.98. The van der Waals surface area contributed by atoms with Gasteiger partial charge in [-0.25, -0.2) is 0 Å². The van der Waals surface area contributed by atoms with Gasteiger partial charge in [-0.2, -0.15) is 0 Å². The SMILES string of the molecule is CCOc1ccc(C(N)CC2CC2)c(Br)c1. The molecule has 1 aliphatic carbocycles. The van der Waals surface area contributed by atoms with Crippen molar-refractivity contribution in [2.75, 3.05) is 6.61 Å². The van der Waals surface area contributed by atoms with E-state index >= 15 is 0 Å². The number of hydrogen-bond donors (Lipinski definition) is 1. The summed E-state index contributed by atoms with van der Waals surface area (Å²) in [5.74, 6) is 1.75. The quantitative estimate of drug-likeness (QED) is 0.895. The zero-order valence-electron chi connectivity index (χ0n) is 9.58. The second-order valence-electron chi connectivity index (χ2n) is 4.40. The molecular weight excluding hydrogens is 266 g/mol. The molecule has 0 amide bonds. The molecule has 1 aliphatic rings. The van der Waals surface area contributed by atoms with Crippen LogP contribution in [0.25, 0.3) is 0 Å². The minimum atomic E-state index is 0.151. The Labute approximate surface area is 105 Å². The van der Waals surface area contributed by atoms with E-state index in [1.54, 1.807) is 0 Å². The second-order valence-corrected chi connectivity index (χ2v) is 5.26. The summed E-state index contributed by atoms with van der Waals surface area (Å²) >= 11 is 3.57. The van der Waals surface area contributed by atoms with E-state index in [2.05, 4.69) is 22.0 Å². The topological polar surface area (TPSA) is 35.2 Å². The molecule has 0 heterocycles. The Bertz CT molecular complexity index is 363. The van der Waals surface area contributed by atoms with Crippen LogP contribution in [0.2, 0.25) is 0 Å². The number of nitrogens with two attached hydrogens (primary N) is 1. The summed E-state index contributed by atoms with van der Waals surface area (Å²) in [7, 11) is 0. The predicted molar refractivity (Wildman–Crippen MR) is 69.6 cm³/mol. The lowest BCUT2D eigenvalue weighted by Gasteiger charge is -2.14. The van der Waals surface area contributed by atoms with Crippen molar-refractivity contribution in [2.45, 2.75) is 32.2 Å². The fraction of sp³-hybridized carbons (Fsp3) is 0.538. The van der Waals surface area contributed by atoms with Crippen LogP contribution >= 0.6 is 15.9 Å². The average molecular weight is 284 g/mol. The number of rotatable bonds is 5. The van der Waals surface area contributed by atoms with Crippen molar-refractivity contribution >= 4 is 15.9 Å². The van der Waals surface area contributed by atoms with Crippen LogP contribution in [0.15, 0.2) is 22.7 Å². The van der Waals surface area contributed by atoms with E-state index < -0.39 is 0 Å². The summed E-state index contributed by atoms with van der Waals surface area (Å²) in [6.45, 7) is 2.68. The minimum Gasteiger partial charge on any atom is -0.494 e. The van der Waals surface area contributed by atoms with E-state index in [9.17, 15) is 0 Å². The van der Waals surface area contributed by atoms with Crippen LogP contribution in [0, 0.1) is 5.92 Å². The average Bonchev–Trinajstić information content (AvgIpc) is 3.02. The summed E-state index contributed by atoms with van der Waals surface area (Å²) in [6, 6.07) is 6.22. The summed E-state index contributed by atoms with van der Waals surface area (Å²) < 4.78 is 6.51. The van der Waals surface area contributed by atoms with Crippen molar-refractivity contribution in [3.05, 3.63) is 28.2 Å². The van der Waals surface area contributed by atoms with Gasteiger partial charge in [0.1, 0.15) is 5.75 Å². The number of benzene rings is 1. The second kappa shape index (κ2) is 5.19. The predicted octanol–water partition coefficient (Wildman–Crippen LogP) is 3.65. The highest BCUT2D eigenvalue weighted by molar-refractivity contribution is 9.10. The van der Waals surface area contributed by atoms with Crippen molar-refractivity contribution in [1.82, 2.24) is 0 Å². The molecule has 2 N–H and O–H groups in total. The molecule has 2 rings (SSSR count). The summed E-state index contributed by atoms with van der Waals surface area (Å²) in [4.78, 5) is 0. The molecule has 0 aliphatic heterocycles. The highest BCUT2D eigenvalue weighted by Gasteiger charge is 2.25. The van der Waals surface area contributed by atoms with E-state index in [-0.39, 0.29) is 6.04 Å². The highest BCUT2D eigenvalue weighted by atomic mass is 79.9. The summed E-state index contributed by atoms with van der Waals surface area (Å²) in [6.07, 6.45) is 3.80. The molecule has 0 saturated heterocycles. The van der Waals surface area contributed by atoms with Crippen LogP contribution in [0.5, 0.6) is 5.75 Å². The van der Waals surface area contributed by atoms with E-state index in [0.29, 0.717) is 6.61 Å². The maximum absolute atomic E-state index is 6.19. The van der Waals surface area contributed by atoms with Crippen molar-refractivity contribution in [1.29, 1.82) is 0 Å². The number of ether oxygens (including phenoxy) is 1. The van der Waals surface area contributed by atoms with Gasteiger partial charge >= 0.3 is 0 Å². The van der Waals surface area contributed by atoms with Crippen LogP contribution < -0.4 is 10.5 Å². The molecule has 1 aromatic rings. The van der Waals surface area contributed by atoms with Crippen molar-refractivity contribution < 1.29 is 4.74 Å². The standard InChI is InChI=1S/C13H18BrNO/c1-2-16-10-5-6-11(12(14)8-10)13(15)7-9-3-4-9/h5-6,8-9,13H,2-4,7,15H2,1H3. The number of halogens is 1. The van der Waals surface area contributed by atoms with Crippen molar-refractivity contribution in [2.24, 2.45) is 11.7 Å². The van der Waals surface area contributed by atoms with Gasteiger partial charge < -0.3 is 10.5 Å². The lowest BCUT2D eigenvalue weighted by molar-refractivity contribution is 0.340. The maximum atomic E-state index is 6.19. The van der Waals surface area contributed by atoms with E-state index in [1.165, 1.54) is 18.4 Å². The molecule has 1 unspecified atom stereocenters. The van der Waals surface area contributed by atoms with E-state index in [0.717, 1.165) is 22.6 Å². The van der Waals surface area contributed by atoms with Crippen molar-refractivity contribution in [3.8, 4) is 5.75 Å². The van der Waals surface area contributed by atoms with Crippen LogP contribution in [0.4, 0.5) is 0 Å². The largest absolute Gasteiger partial charge is 0.494 e. The van der Waals surface area contributed by atoms with Gasteiger partial charge in [0.05, 0.1) is 6.61 Å². The monoisotopic (exact) mass is 283 g/mol. The first-order valence-corrected chi connectivity index (χ1v) is 6.67. The van der Waals surface area contributed by atoms with Crippen LogP contribution in [-0.4, -0.2) is 6.61 Å². The Morgan fingerprint density at radius 2 is 2.25 bits per heavy atom. The molecule has 0 radical (unpaired) electrons. The van der Waals surface area contributed by atoms with Crippen LogP contribution in [0.3, 0.4) is 0 Å². The number of hydrogen-bond acceptors (Lipinski definition) is 2. The fourth-order valence-electron chi connectivity index (χ4n) is 1.90. The zero-order chi connectivity index (χ0) is 11.5. The first-order chi connectivity index (χ1) is 7.70. The normalized spacial score (nSPS) is 17.2. The first-order valence-electron chi connectivity index (χ1n) is 5.88. The molecule has 16 heavy (non-hydrogen) atoms. The van der Waals surface area contributed by atoms with Crippen LogP contribution in [0.1, 0.15) is 37.8 Å². The Kier molecular flexibility index (Phi) is 3.87. The fourth-order valence-corrected chi connectivity index (χ4v) is 2.56. The maximum Gasteiger partial charge on any atom is 0.120 e. The molecule has 1 saturated carbocycles. The lowest BCUT2D eigenvalue weighted by Crippen LogP contribution is -2.11. The molecule has 2 nitrogen and oxygen atoms in total. The Hall–Kier alpha value is -0.540. The Balaban J connectivity index is 2.07. The van der Waals surface area contributed by atoms with Gasteiger partial charge in [-0.1, -0.05) is 34.8 Å². The molecule has 0 spiro atoms. The smallest absolute Gasteiger partial charge is 0.120 e. The molecule has 0 aromatic heterocycles. The van der Waals surface area contributed by atoms with Gasteiger partial charge in [-0.05, 0) is 37.0 Å². The lowest BCUT2D eigenvalue weighted by atomic mass is 10.0. The molecule has 88 valence electrons. The summed E-state index contributed by atoms with van der Waals surface area (Å²) in [5.41, 5.74) is 7.38. The van der Waals surface area contributed by atoms with E-state index in [4.69, 9.17) is 10.5 Å². The van der Waals surface area contributed by atoms with Gasteiger partial charge in [0.15, 0.2) is 0 Å². The molecule has 0 bridgehead atoms. The van der Waals surface area contributed by atoms with Gasteiger partial charge in [0.2, 0.25) is 0 Å². The van der Waals surface area contributed by atoms with Gasteiger partial charge in [0, 0.05) is 10.5 Å². The Morgan fingerprint density at radius 3 is 2.81 bits per heavy atom. The molecule has 1 aromatic carbocycles. The molecule has 3 heteroatoms. The molecular formula is C13H18BrNO. The van der Waals surface area contributed by atoms with Gasteiger partial charge in [0.25, 0.3) is 0 Å². The van der Waals surface area contributed by atoms with Crippen LogP contribution in [-0.2, 0) is 0 Å².